The summed E-state index contributed by atoms with van der Waals surface area (Å²) in [4.78, 5) is 31.2. The van der Waals surface area contributed by atoms with Crippen LogP contribution < -0.4 is 0 Å². The van der Waals surface area contributed by atoms with Crippen molar-refractivity contribution >= 4 is 17.4 Å². The number of aryl methyl sites for hydroxylation is 1. The van der Waals surface area contributed by atoms with E-state index in [-0.39, 0.29) is 17.9 Å². The minimum absolute atomic E-state index is 0.00869. The van der Waals surface area contributed by atoms with Crippen molar-refractivity contribution in [2.24, 2.45) is 0 Å². The first-order valence-electron chi connectivity index (χ1n) is 4.96. The van der Waals surface area contributed by atoms with Crippen molar-refractivity contribution in [1.82, 2.24) is 0 Å². The maximum Gasteiger partial charge on any atom is 0.310 e. The van der Waals surface area contributed by atoms with Gasteiger partial charge >= 0.3 is 5.97 Å². The molecule has 0 saturated heterocycles. The summed E-state index contributed by atoms with van der Waals surface area (Å²) in [6.45, 7) is 0. The number of benzene rings is 1. The molecule has 0 aliphatic heterocycles. The Bertz CT molecular complexity index is 438. The van der Waals surface area contributed by atoms with Crippen molar-refractivity contribution in [3.8, 4) is 0 Å². The summed E-state index contributed by atoms with van der Waals surface area (Å²) in [5, 5.41) is 18.8. The zero-order chi connectivity index (χ0) is 12.8. The summed E-state index contributed by atoms with van der Waals surface area (Å²) < 4.78 is 0. The van der Waals surface area contributed by atoms with Crippen molar-refractivity contribution in [2.75, 3.05) is 0 Å². The Morgan fingerprint density at radius 1 is 1.24 bits per heavy atom. The molecule has 0 atom stereocenters. The number of nitro groups is 1. The van der Waals surface area contributed by atoms with Crippen LogP contribution in [-0.2, 0) is 16.0 Å². The minimum atomic E-state index is -1.14. The van der Waals surface area contributed by atoms with Gasteiger partial charge in [0.25, 0.3) is 5.69 Å². The van der Waals surface area contributed by atoms with E-state index in [1.54, 1.807) is 12.1 Å². The van der Waals surface area contributed by atoms with Crippen LogP contribution in [0, 0.1) is 10.1 Å². The number of aliphatic carboxylic acids is 1. The number of hydrogen-bond acceptors (Lipinski definition) is 4. The monoisotopic (exact) mass is 237 g/mol. The first-order valence-corrected chi connectivity index (χ1v) is 4.96. The third-order valence-electron chi connectivity index (χ3n) is 2.19. The highest BCUT2D eigenvalue weighted by atomic mass is 16.6. The summed E-state index contributed by atoms with van der Waals surface area (Å²) in [6, 6.07) is 5.84. The topological polar surface area (TPSA) is 97.5 Å². The predicted octanol–water partition coefficient (Wildman–Crippen LogP) is 1.57. The molecule has 0 fully saturated rings. The van der Waals surface area contributed by atoms with E-state index in [0.29, 0.717) is 6.42 Å². The van der Waals surface area contributed by atoms with Crippen molar-refractivity contribution < 1.29 is 19.6 Å². The lowest BCUT2D eigenvalue weighted by molar-refractivity contribution is -0.384. The molecule has 0 aliphatic rings. The smallest absolute Gasteiger partial charge is 0.310 e. The standard InChI is InChI=1S/C11H11NO5/c13-10(7-11(14)15)6-3-8-1-4-9(5-2-8)12(16)17/h1-2,4-5H,3,6-7H2,(H,14,15). The summed E-state index contributed by atoms with van der Waals surface area (Å²) in [7, 11) is 0. The van der Waals surface area contributed by atoms with E-state index in [0.717, 1.165) is 5.56 Å². The van der Waals surface area contributed by atoms with Gasteiger partial charge in [-0.3, -0.25) is 19.7 Å². The molecule has 0 saturated carbocycles. The number of hydrogen-bond donors (Lipinski definition) is 1. The molecule has 90 valence electrons. The van der Waals surface area contributed by atoms with Crippen LogP contribution in [0.2, 0.25) is 0 Å². The number of rotatable bonds is 6. The van der Waals surface area contributed by atoms with Crippen LogP contribution >= 0.6 is 0 Å². The molecular formula is C11H11NO5. The highest BCUT2D eigenvalue weighted by molar-refractivity contribution is 5.94. The predicted molar refractivity (Wildman–Crippen MR) is 58.7 cm³/mol. The zero-order valence-corrected chi connectivity index (χ0v) is 8.96. The van der Waals surface area contributed by atoms with Crippen LogP contribution in [0.4, 0.5) is 5.69 Å². The average molecular weight is 237 g/mol. The number of carbonyl (C=O) groups is 2. The Balaban J connectivity index is 2.50. The Hall–Kier alpha value is -2.24. The molecule has 1 rings (SSSR count). The molecule has 0 aliphatic carbocycles. The second-order valence-electron chi connectivity index (χ2n) is 3.53. The van der Waals surface area contributed by atoms with E-state index in [4.69, 9.17) is 5.11 Å². The number of ketones is 1. The highest BCUT2D eigenvalue weighted by Crippen LogP contribution is 2.13. The van der Waals surface area contributed by atoms with Crippen LogP contribution in [0.25, 0.3) is 0 Å². The number of Topliss-reactive ketones (excluding diaryl/α,β-unsaturated/α-hetero) is 1. The SMILES string of the molecule is O=C(O)CC(=O)CCc1ccc([N+](=O)[O-])cc1. The van der Waals surface area contributed by atoms with E-state index in [1.807, 2.05) is 0 Å². The largest absolute Gasteiger partial charge is 0.481 e. The molecule has 1 aromatic rings. The van der Waals surface area contributed by atoms with Crippen molar-refractivity contribution in [1.29, 1.82) is 0 Å². The number of nitro benzene ring substituents is 1. The van der Waals surface area contributed by atoms with Gasteiger partial charge in [-0.05, 0) is 12.0 Å². The number of non-ortho nitro benzene ring substituents is 1. The minimum Gasteiger partial charge on any atom is -0.481 e. The lowest BCUT2D eigenvalue weighted by Gasteiger charge is -1.99. The van der Waals surface area contributed by atoms with E-state index in [1.165, 1.54) is 12.1 Å². The molecule has 6 nitrogen and oxygen atoms in total. The summed E-state index contributed by atoms with van der Waals surface area (Å²) in [5.74, 6) is -1.49. The fourth-order valence-electron chi connectivity index (χ4n) is 1.33. The Morgan fingerprint density at radius 3 is 2.29 bits per heavy atom. The zero-order valence-electron chi connectivity index (χ0n) is 8.96. The Morgan fingerprint density at radius 2 is 1.82 bits per heavy atom. The number of nitrogens with zero attached hydrogens (tertiary/aromatic N) is 1. The number of carboxylic acid groups (broad SMARTS) is 1. The average Bonchev–Trinajstić information content (AvgIpc) is 2.26. The van der Waals surface area contributed by atoms with Crippen molar-refractivity contribution in [2.45, 2.75) is 19.3 Å². The van der Waals surface area contributed by atoms with Crippen LogP contribution in [-0.4, -0.2) is 21.8 Å². The maximum atomic E-state index is 11.1. The highest BCUT2D eigenvalue weighted by Gasteiger charge is 2.09. The fourth-order valence-corrected chi connectivity index (χ4v) is 1.33. The summed E-state index contributed by atoms with van der Waals surface area (Å²) in [5.41, 5.74) is 0.764. The maximum absolute atomic E-state index is 11.1. The van der Waals surface area contributed by atoms with Gasteiger partial charge in [-0.1, -0.05) is 12.1 Å². The molecule has 0 spiro atoms. The fraction of sp³-hybridized carbons (Fsp3) is 0.273. The Labute approximate surface area is 97.0 Å². The van der Waals surface area contributed by atoms with Gasteiger partial charge in [0, 0.05) is 18.6 Å². The third kappa shape index (κ3) is 4.42. The van der Waals surface area contributed by atoms with Gasteiger partial charge < -0.3 is 5.11 Å². The van der Waals surface area contributed by atoms with Gasteiger partial charge in [0.2, 0.25) is 0 Å². The van der Waals surface area contributed by atoms with Gasteiger partial charge in [0.05, 0.1) is 4.92 Å². The molecule has 0 aromatic heterocycles. The lowest BCUT2D eigenvalue weighted by atomic mass is 10.1. The quantitative estimate of drug-likeness (QED) is 0.460. The number of carboxylic acids is 1. The molecule has 1 N–H and O–H groups in total. The van der Waals surface area contributed by atoms with Gasteiger partial charge in [-0.15, -0.1) is 0 Å². The van der Waals surface area contributed by atoms with E-state index < -0.39 is 17.3 Å². The summed E-state index contributed by atoms with van der Waals surface area (Å²) in [6.07, 6.45) is 0.0429. The van der Waals surface area contributed by atoms with Crippen molar-refractivity contribution in [3.63, 3.8) is 0 Å². The lowest BCUT2D eigenvalue weighted by Crippen LogP contribution is -2.07. The normalized spacial score (nSPS) is 9.88. The first-order chi connectivity index (χ1) is 7.99. The van der Waals surface area contributed by atoms with Crippen LogP contribution in [0.15, 0.2) is 24.3 Å². The molecule has 0 radical (unpaired) electrons. The van der Waals surface area contributed by atoms with E-state index in [9.17, 15) is 19.7 Å². The molecule has 0 amide bonds. The third-order valence-corrected chi connectivity index (χ3v) is 2.19. The van der Waals surface area contributed by atoms with Crippen LogP contribution in [0.3, 0.4) is 0 Å². The first kappa shape index (κ1) is 12.8. The van der Waals surface area contributed by atoms with Gasteiger partial charge in [-0.2, -0.15) is 0 Å². The summed E-state index contributed by atoms with van der Waals surface area (Å²) >= 11 is 0. The van der Waals surface area contributed by atoms with Gasteiger partial charge in [-0.25, -0.2) is 0 Å². The molecule has 6 heteroatoms. The molecule has 0 bridgehead atoms. The molecular weight excluding hydrogens is 226 g/mol. The number of carbonyl (C=O) groups excluding carboxylic acids is 1. The van der Waals surface area contributed by atoms with Gasteiger partial charge in [0.15, 0.2) is 0 Å². The molecule has 1 aromatic carbocycles. The van der Waals surface area contributed by atoms with E-state index in [2.05, 4.69) is 0 Å². The van der Waals surface area contributed by atoms with Crippen LogP contribution in [0.5, 0.6) is 0 Å². The molecule has 0 unspecified atom stereocenters. The Kier molecular flexibility index (Phi) is 4.33. The van der Waals surface area contributed by atoms with Crippen LogP contribution in [0.1, 0.15) is 18.4 Å². The van der Waals surface area contributed by atoms with Gasteiger partial charge in [0.1, 0.15) is 12.2 Å². The van der Waals surface area contributed by atoms with E-state index >= 15 is 0 Å². The second-order valence-corrected chi connectivity index (χ2v) is 3.53. The van der Waals surface area contributed by atoms with Crippen molar-refractivity contribution in [3.05, 3.63) is 39.9 Å². The molecule has 17 heavy (non-hydrogen) atoms. The molecule has 0 heterocycles. The second kappa shape index (κ2) is 5.74.